The van der Waals surface area contributed by atoms with E-state index in [1.165, 1.54) is 17.4 Å². The lowest BCUT2D eigenvalue weighted by atomic mass is 10.3. The zero-order valence-electron chi connectivity index (χ0n) is 12.0. The van der Waals surface area contributed by atoms with Crippen LogP contribution in [-0.4, -0.2) is 48.8 Å². The highest BCUT2D eigenvalue weighted by molar-refractivity contribution is 7.22. The molecule has 2 heterocycles. The Kier molecular flexibility index (Phi) is 4.10. The van der Waals surface area contributed by atoms with Crippen LogP contribution in [0.15, 0.2) is 12.1 Å². The number of nitrogens with zero attached hydrogens (tertiary/aromatic N) is 3. The van der Waals surface area contributed by atoms with Gasteiger partial charge in [-0.1, -0.05) is 11.3 Å². The van der Waals surface area contributed by atoms with E-state index in [0.717, 1.165) is 6.07 Å². The number of halogens is 2. The summed E-state index contributed by atoms with van der Waals surface area (Å²) in [4.78, 5) is 19.5. The highest BCUT2D eigenvalue weighted by atomic mass is 32.1. The second kappa shape index (κ2) is 6.04. The van der Waals surface area contributed by atoms with Gasteiger partial charge in [0.15, 0.2) is 10.9 Å². The largest absolute Gasteiger partial charge is 0.450 e. The van der Waals surface area contributed by atoms with Crippen molar-refractivity contribution in [1.82, 2.24) is 9.88 Å². The molecule has 1 aromatic carbocycles. The molecule has 2 aromatic rings. The van der Waals surface area contributed by atoms with Crippen LogP contribution in [0.25, 0.3) is 10.2 Å². The average Bonchev–Trinajstić information content (AvgIpc) is 2.92. The molecule has 0 unspecified atom stereocenters. The first-order chi connectivity index (χ1) is 10.6. The quantitative estimate of drug-likeness (QED) is 0.851. The molecule has 1 aliphatic heterocycles. The third-order valence-electron chi connectivity index (χ3n) is 3.48. The van der Waals surface area contributed by atoms with E-state index in [0.29, 0.717) is 42.6 Å². The van der Waals surface area contributed by atoms with Crippen LogP contribution in [0.3, 0.4) is 0 Å². The Morgan fingerprint density at radius 2 is 2.05 bits per heavy atom. The van der Waals surface area contributed by atoms with Gasteiger partial charge in [-0.25, -0.2) is 18.6 Å². The molecule has 8 heteroatoms. The first kappa shape index (κ1) is 15.0. The van der Waals surface area contributed by atoms with E-state index >= 15 is 0 Å². The number of benzene rings is 1. The second-order valence-corrected chi connectivity index (χ2v) is 5.91. The minimum Gasteiger partial charge on any atom is -0.450 e. The Labute approximate surface area is 130 Å². The van der Waals surface area contributed by atoms with Gasteiger partial charge in [0.2, 0.25) is 0 Å². The number of fused-ring (bicyclic) bond motifs is 1. The molecule has 1 aliphatic rings. The molecule has 118 valence electrons. The number of anilines is 1. The fourth-order valence-electron chi connectivity index (χ4n) is 2.38. The standard InChI is InChI=1S/C14H15F2N3O2S/c1-2-21-14(20)19-5-3-18(4-6-19)13-17-12-10(16)7-9(15)8-11(12)22-13/h7-8H,2-6H2,1H3. The fraction of sp³-hybridized carbons (Fsp3) is 0.429. The molecule has 5 nitrogen and oxygen atoms in total. The number of piperazine rings is 1. The second-order valence-electron chi connectivity index (χ2n) is 4.90. The van der Waals surface area contributed by atoms with E-state index in [2.05, 4.69) is 4.98 Å². The van der Waals surface area contributed by atoms with Gasteiger partial charge in [0, 0.05) is 32.2 Å². The highest BCUT2D eigenvalue weighted by Crippen LogP contribution is 2.31. The van der Waals surface area contributed by atoms with Gasteiger partial charge in [-0.05, 0) is 13.0 Å². The van der Waals surface area contributed by atoms with Gasteiger partial charge in [-0.2, -0.15) is 0 Å². The third-order valence-corrected chi connectivity index (χ3v) is 4.54. The SMILES string of the molecule is CCOC(=O)N1CCN(c2nc3c(F)cc(F)cc3s2)CC1. The van der Waals surface area contributed by atoms with Crippen molar-refractivity contribution in [2.75, 3.05) is 37.7 Å². The van der Waals surface area contributed by atoms with E-state index < -0.39 is 11.6 Å². The Morgan fingerprint density at radius 3 is 2.73 bits per heavy atom. The minimum absolute atomic E-state index is 0.189. The lowest BCUT2D eigenvalue weighted by Crippen LogP contribution is -2.48. The minimum atomic E-state index is -0.650. The summed E-state index contributed by atoms with van der Waals surface area (Å²) in [7, 11) is 0. The molecule has 0 N–H and O–H groups in total. The molecule has 1 aromatic heterocycles. The summed E-state index contributed by atoms with van der Waals surface area (Å²) in [5.41, 5.74) is 0.189. The summed E-state index contributed by atoms with van der Waals surface area (Å²) in [5.74, 6) is -1.25. The zero-order valence-corrected chi connectivity index (χ0v) is 12.8. The normalized spacial score (nSPS) is 15.4. The van der Waals surface area contributed by atoms with E-state index in [1.54, 1.807) is 11.8 Å². The maximum absolute atomic E-state index is 13.7. The predicted molar refractivity (Wildman–Crippen MR) is 80.3 cm³/mol. The fourth-order valence-corrected chi connectivity index (χ4v) is 3.43. The number of rotatable bonds is 2. The first-order valence-electron chi connectivity index (χ1n) is 7.00. The number of thiazole rings is 1. The smallest absolute Gasteiger partial charge is 0.409 e. The zero-order chi connectivity index (χ0) is 15.7. The predicted octanol–water partition coefficient (Wildman–Crippen LogP) is 2.85. The molecule has 3 rings (SSSR count). The molecule has 1 fully saturated rings. The van der Waals surface area contributed by atoms with Crippen molar-refractivity contribution in [3.05, 3.63) is 23.8 Å². The maximum atomic E-state index is 13.7. The molecule has 0 atom stereocenters. The van der Waals surface area contributed by atoms with E-state index in [9.17, 15) is 13.6 Å². The summed E-state index contributed by atoms with van der Waals surface area (Å²) >= 11 is 1.25. The van der Waals surface area contributed by atoms with Crippen LogP contribution in [0.2, 0.25) is 0 Å². The van der Waals surface area contributed by atoms with Gasteiger partial charge < -0.3 is 14.5 Å². The summed E-state index contributed by atoms with van der Waals surface area (Å²) in [6.07, 6.45) is -0.320. The summed E-state index contributed by atoms with van der Waals surface area (Å²) in [6.45, 7) is 4.33. The van der Waals surface area contributed by atoms with Crippen molar-refractivity contribution >= 4 is 32.8 Å². The van der Waals surface area contributed by atoms with Crippen LogP contribution in [0, 0.1) is 11.6 Å². The number of carbonyl (C=O) groups excluding carboxylic acids is 1. The van der Waals surface area contributed by atoms with Crippen molar-refractivity contribution < 1.29 is 18.3 Å². The van der Waals surface area contributed by atoms with Crippen molar-refractivity contribution in [2.45, 2.75) is 6.92 Å². The molecule has 1 amide bonds. The average molecular weight is 327 g/mol. The Hall–Kier alpha value is -1.96. The topological polar surface area (TPSA) is 45.7 Å². The van der Waals surface area contributed by atoms with Crippen molar-refractivity contribution in [2.24, 2.45) is 0 Å². The van der Waals surface area contributed by atoms with Crippen LogP contribution in [0.1, 0.15) is 6.92 Å². The Bertz CT molecular complexity index is 699. The van der Waals surface area contributed by atoms with E-state index in [1.807, 2.05) is 4.90 Å². The maximum Gasteiger partial charge on any atom is 0.409 e. The van der Waals surface area contributed by atoms with Gasteiger partial charge in [0.05, 0.1) is 11.3 Å². The molecule has 0 radical (unpaired) electrons. The molecule has 22 heavy (non-hydrogen) atoms. The van der Waals surface area contributed by atoms with Gasteiger partial charge in [0.1, 0.15) is 11.3 Å². The van der Waals surface area contributed by atoms with E-state index in [4.69, 9.17) is 4.74 Å². The van der Waals surface area contributed by atoms with E-state index in [-0.39, 0.29) is 11.6 Å². The van der Waals surface area contributed by atoms with Crippen LogP contribution >= 0.6 is 11.3 Å². The Morgan fingerprint density at radius 1 is 1.32 bits per heavy atom. The van der Waals surface area contributed by atoms with Gasteiger partial charge >= 0.3 is 6.09 Å². The van der Waals surface area contributed by atoms with Crippen molar-refractivity contribution in [3.63, 3.8) is 0 Å². The number of ether oxygens (including phenoxy) is 1. The lowest BCUT2D eigenvalue weighted by molar-refractivity contribution is 0.105. The molecular weight excluding hydrogens is 312 g/mol. The van der Waals surface area contributed by atoms with Crippen molar-refractivity contribution in [1.29, 1.82) is 0 Å². The van der Waals surface area contributed by atoms with Crippen LogP contribution < -0.4 is 4.90 Å². The van der Waals surface area contributed by atoms with Crippen LogP contribution in [0.4, 0.5) is 18.7 Å². The van der Waals surface area contributed by atoms with Gasteiger partial charge in [-0.3, -0.25) is 0 Å². The number of aromatic nitrogens is 1. The summed E-state index contributed by atoms with van der Waals surface area (Å²) in [6, 6.07) is 2.12. The third kappa shape index (κ3) is 2.83. The number of hydrogen-bond donors (Lipinski definition) is 0. The monoisotopic (exact) mass is 327 g/mol. The molecule has 0 saturated carbocycles. The molecule has 1 saturated heterocycles. The Balaban J connectivity index is 1.74. The number of hydrogen-bond acceptors (Lipinski definition) is 5. The summed E-state index contributed by atoms with van der Waals surface area (Å²) in [5, 5.41) is 0.642. The number of carbonyl (C=O) groups is 1. The number of amides is 1. The van der Waals surface area contributed by atoms with Crippen LogP contribution in [-0.2, 0) is 4.74 Å². The highest BCUT2D eigenvalue weighted by Gasteiger charge is 2.24. The lowest BCUT2D eigenvalue weighted by Gasteiger charge is -2.33. The molecule has 0 aliphatic carbocycles. The first-order valence-corrected chi connectivity index (χ1v) is 7.82. The summed E-state index contributed by atoms with van der Waals surface area (Å²) < 4.78 is 32.4. The van der Waals surface area contributed by atoms with Crippen molar-refractivity contribution in [3.8, 4) is 0 Å². The molecular formula is C14H15F2N3O2S. The van der Waals surface area contributed by atoms with Gasteiger partial charge in [0.25, 0.3) is 0 Å². The molecule has 0 bridgehead atoms. The molecule has 0 spiro atoms. The van der Waals surface area contributed by atoms with Gasteiger partial charge in [-0.15, -0.1) is 0 Å². The van der Waals surface area contributed by atoms with Crippen LogP contribution in [0.5, 0.6) is 0 Å².